The van der Waals surface area contributed by atoms with Crippen molar-refractivity contribution in [3.05, 3.63) is 12.1 Å². The summed E-state index contributed by atoms with van der Waals surface area (Å²) in [5.74, 6) is 1.91. The molecule has 0 spiro atoms. The van der Waals surface area contributed by atoms with Crippen LogP contribution in [0.25, 0.3) is 0 Å². The van der Waals surface area contributed by atoms with E-state index in [2.05, 4.69) is 5.32 Å². The van der Waals surface area contributed by atoms with Gasteiger partial charge in [0.25, 0.3) is 0 Å². The number of nitrogens with one attached hydrogen (secondary N) is 1. The van der Waals surface area contributed by atoms with Gasteiger partial charge in [-0.1, -0.05) is 0 Å². The van der Waals surface area contributed by atoms with Crippen molar-refractivity contribution in [2.24, 2.45) is 0 Å². The van der Waals surface area contributed by atoms with Crippen molar-refractivity contribution < 1.29 is 19.0 Å². The Balaban J connectivity index is 2.95. The van der Waals surface area contributed by atoms with Gasteiger partial charge in [0.05, 0.1) is 27.0 Å². The first-order valence-electron chi connectivity index (χ1n) is 5.82. The van der Waals surface area contributed by atoms with Crippen molar-refractivity contribution in [1.29, 1.82) is 0 Å². The zero-order valence-electron chi connectivity index (χ0n) is 11.3. The van der Waals surface area contributed by atoms with Crippen molar-refractivity contribution >= 4 is 23.2 Å². The molecule has 0 atom stereocenters. The second-order valence-corrected chi connectivity index (χ2v) is 4.13. The molecule has 0 heterocycles. The van der Waals surface area contributed by atoms with E-state index in [9.17, 15) is 4.79 Å². The van der Waals surface area contributed by atoms with E-state index in [-0.39, 0.29) is 5.91 Å². The standard InChI is InChI=1S/C13H18ClNO4/c1-17-10-8-12(19-3)11(18-2)7-9(10)15-13(16)5-4-6-14/h7-8H,4-6H2,1-3H3,(H,15,16). The summed E-state index contributed by atoms with van der Waals surface area (Å²) < 4.78 is 15.6. The van der Waals surface area contributed by atoms with Crippen LogP contribution in [-0.4, -0.2) is 33.1 Å². The molecule has 1 N–H and O–H groups in total. The summed E-state index contributed by atoms with van der Waals surface area (Å²) in [6.45, 7) is 0. The highest BCUT2D eigenvalue weighted by atomic mass is 35.5. The first-order chi connectivity index (χ1) is 9.15. The van der Waals surface area contributed by atoms with E-state index in [1.165, 1.54) is 21.3 Å². The lowest BCUT2D eigenvalue weighted by molar-refractivity contribution is -0.116. The van der Waals surface area contributed by atoms with E-state index in [4.69, 9.17) is 25.8 Å². The van der Waals surface area contributed by atoms with Gasteiger partial charge in [0.1, 0.15) is 5.75 Å². The predicted molar refractivity (Wildman–Crippen MR) is 74.7 cm³/mol. The summed E-state index contributed by atoms with van der Waals surface area (Å²) in [6.07, 6.45) is 0.990. The lowest BCUT2D eigenvalue weighted by Crippen LogP contribution is -2.12. The Hall–Kier alpha value is -1.62. The second kappa shape index (κ2) is 7.74. The number of anilines is 1. The third-order valence-corrected chi connectivity index (χ3v) is 2.78. The minimum atomic E-state index is -0.119. The van der Waals surface area contributed by atoms with Crippen molar-refractivity contribution in [2.45, 2.75) is 12.8 Å². The third-order valence-electron chi connectivity index (χ3n) is 2.52. The molecule has 0 fully saturated rings. The molecule has 0 aromatic heterocycles. The van der Waals surface area contributed by atoms with Crippen molar-refractivity contribution in [3.8, 4) is 17.2 Å². The average molecular weight is 288 g/mol. The van der Waals surface area contributed by atoms with Crippen LogP contribution in [0.2, 0.25) is 0 Å². The minimum Gasteiger partial charge on any atom is -0.494 e. The van der Waals surface area contributed by atoms with Crippen LogP contribution in [-0.2, 0) is 4.79 Å². The highest BCUT2D eigenvalue weighted by Crippen LogP contribution is 2.37. The molecule has 0 aliphatic heterocycles. The molecule has 0 bridgehead atoms. The molecule has 1 amide bonds. The highest BCUT2D eigenvalue weighted by Gasteiger charge is 2.13. The maximum absolute atomic E-state index is 11.7. The first kappa shape index (κ1) is 15.4. The molecule has 5 nitrogen and oxygen atoms in total. The number of ether oxygens (including phenoxy) is 3. The summed E-state index contributed by atoms with van der Waals surface area (Å²) in [5, 5.41) is 2.76. The SMILES string of the molecule is COc1cc(OC)c(OC)cc1NC(=O)CCCCl. The number of methoxy groups -OCH3 is 3. The molecular formula is C13H18ClNO4. The quantitative estimate of drug-likeness (QED) is 0.783. The molecule has 0 radical (unpaired) electrons. The maximum atomic E-state index is 11.7. The van der Waals surface area contributed by atoms with Crippen molar-refractivity contribution in [3.63, 3.8) is 0 Å². The Kier molecular flexibility index (Phi) is 6.29. The molecule has 0 aliphatic rings. The van der Waals surface area contributed by atoms with Gasteiger partial charge < -0.3 is 19.5 Å². The van der Waals surface area contributed by atoms with Crippen LogP contribution in [0.4, 0.5) is 5.69 Å². The Morgan fingerprint density at radius 1 is 1.11 bits per heavy atom. The third kappa shape index (κ3) is 4.21. The molecule has 1 aromatic carbocycles. The van der Waals surface area contributed by atoms with Gasteiger partial charge in [0, 0.05) is 24.4 Å². The number of amides is 1. The van der Waals surface area contributed by atoms with Gasteiger partial charge in [-0.25, -0.2) is 0 Å². The summed E-state index contributed by atoms with van der Waals surface area (Å²) in [6, 6.07) is 3.33. The lowest BCUT2D eigenvalue weighted by Gasteiger charge is -2.14. The van der Waals surface area contributed by atoms with Gasteiger partial charge in [0.2, 0.25) is 5.91 Å². The predicted octanol–water partition coefficient (Wildman–Crippen LogP) is 2.67. The fourth-order valence-electron chi connectivity index (χ4n) is 1.57. The maximum Gasteiger partial charge on any atom is 0.224 e. The smallest absolute Gasteiger partial charge is 0.224 e. The zero-order valence-corrected chi connectivity index (χ0v) is 12.0. The highest BCUT2D eigenvalue weighted by molar-refractivity contribution is 6.18. The number of rotatable bonds is 7. The number of alkyl halides is 1. The van der Waals surface area contributed by atoms with Crippen molar-refractivity contribution in [2.75, 3.05) is 32.5 Å². The van der Waals surface area contributed by atoms with E-state index in [1.54, 1.807) is 12.1 Å². The molecule has 6 heteroatoms. The van der Waals surface area contributed by atoms with Crippen LogP contribution >= 0.6 is 11.6 Å². The molecule has 0 unspecified atom stereocenters. The van der Waals surface area contributed by atoms with Gasteiger partial charge in [-0.3, -0.25) is 4.79 Å². The lowest BCUT2D eigenvalue weighted by atomic mass is 10.2. The number of carbonyl (C=O) groups excluding carboxylic acids is 1. The van der Waals surface area contributed by atoms with Crippen LogP contribution in [0.3, 0.4) is 0 Å². The number of benzene rings is 1. The van der Waals surface area contributed by atoms with E-state index in [0.717, 1.165) is 0 Å². The molecule has 106 valence electrons. The van der Waals surface area contributed by atoms with Gasteiger partial charge >= 0.3 is 0 Å². The summed E-state index contributed by atoms with van der Waals surface area (Å²) in [4.78, 5) is 11.7. The van der Waals surface area contributed by atoms with Crippen LogP contribution in [0.1, 0.15) is 12.8 Å². The number of hydrogen-bond acceptors (Lipinski definition) is 4. The van der Waals surface area contributed by atoms with Crippen LogP contribution in [0.5, 0.6) is 17.2 Å². The molecule has 19 heavy (non-hydrogen) atoms. The fraction of sp³-hybridized carbons (Fsp3) is 0.462. The van der Waals surface area contributed by atoms with Crippen LogP contribution in [0, 0.1) is 0 Å². The van der Waals surface area contributed by atoms with Gasteiger partial charge in [-0.2, -0.15) is 0 Å². The van der Waals surface area contributed by atoms with Crippen LogP contribution < -0.4 is 19.5 Å². The average Bonchev–Trinajstić information content (AvgIpc) is 2.44. The van der Waals surface area contributed by atoms with Crippen LogP contribution in [0.15, 0.2) is 12.1 Å². The Morgan fingerprint density at radius 2 is 1.68 bits per heavy atom. The van der Waals surface area contributed by atoms with E-state index in [0.29, 0.717) is 41.7 Å². The Morgan fingerprint density at radius 3 is 2.21 bits per heavy atom. The van der Waals surface area contributed by atoms with Crippen molar-refractivity contribution in [1.82, 2.24) is 0 Å². The number of halogens is 1. The van der Waals surface area contributed by atoms with Gasteiger partial charge in [-0.15, -0.1) is 11.6 Å². The van der Waals surface area contributed by atoms with E-state index >= 15 is 0 Å². The number of carbonyl (C=O) groups is 1. The first-order valence-corrected chi connectivity index (χ1v) is 6.35. The fourth-order valence-corrected chi connectivity index (χ4v) is 1.70. The zero-order chi connectivity index (χ0) is 14.3. The number of hydrogen-bond donors (Lipinski definition) is 1. The molecule has 1 aromatic rings. The van der Waals surface area contributed by atoms with E-state index < -0.39 is 0 Å². The second-order valence-electron chi connectivity index (χ2n) is 3.75. The van der Waals surface area contributed by atoms with Gasteiger partial charge in [0.15, 0.2) is 11.5 Å². The normalized spacial score (nSPS) is 9.89. The molecule has 0 saturated carbocycles. The molecular weight excluding hydrogens is 270 g/mol. The summed E-state index contributed by atoms with van der Waals surface area (Å²) in [7, 11) is 4.59. The van der Waals surface area contributed by atoms with E-state index in [1.807, 2.05) is 0 Å². The monoisotopic (exact) mass is 287 g/mol. The largest absolute Gasteiger partial charge is 0.494 e. The topological polar surface area (TPSA) is 56.8 Å². The van der Waals surface area contributed by atoms with Gasteiger partial charge in [-0.05, 0) is 6.42 Å². The summed E-state index contributed by atoms with van der Waals surface area (Å²) >= 11 is 5.55. The molecule has 0 saturated heterocycles. The molecule has 0 aliphatic carbocycles. The minimum absolute atomic E-state index is 0.119. The molecule has 1 rings (SSSR count). The summed E-state index contributed by atoms with van der Waals surface area (Å²) in [5.41, 5.74) is 0.541. The Bertz CT molecular complexity index is 437. The Labute approximate surface area is 117 Å².